The van der Waals surface area contributed by atoms with Crippen molar-refractivity contribution in [2.75, 3.05) is 36.4 Å². The lowest BCUT2D eigenvalue weighted by atomic mass is 10.1. The zero-order valence-electron chi connectivity index (χ0n) is 17.6. The van der Waals surface area contributed by atoms with Crippen LogP contribution in [0.15, 0.2) is 54.7 Å². The number of fused-ring (bicyclic) bond motifs is 3. The molecule has 0 unspecified atom stereocenters. The number of halogens is 1. The van der Waals surface area contributed by atoms with Crippen molar-refractivity contribution in [3.8, 4) is 0 Å². The first-order chi connectivity index (χ1) is 15.0. The van der Waals surface area contributed by atoms with Crippen molar-refractivity contribution in [2.45, 2.75) is 13.8 Å². The molecule has 0 spiro atoms. The van der Waals surface area contributed by atoms with Gasteiger partial charge < -0.3 is 19.5 Å². The molecule has 1 aliphatic rings. The van der Waals surface area contributed by atoms with Crippen LogP contribution in [0.3, 0.4) is 0 Å². The van der Waals surface area contributed by atoms with Gasteiger partial charge in [-0.1, -0.05) is 17.7 Å². The molecule has 2 amide bonds. The smallest absolute Gasteiger partial charge is 0.321 e. The number of nitrogens with one attached hydrogen (secondary N) is 1. The molecule has 0 aliphatic carbocycles. The zero-order valence-corrected chi connectivity index (χ0v) is 18.4. The summed E-state index contributed by atoms with van der Waals surface area (Å²) in [5, 5.41) is 3.71. The Morgan fingerprint density at radius 1 is 0.968 bits per heavy atom. The van der Waals surface area contributed by atoms with E-state index >= 15 is 0 Å². The number of amides is 2. The van der Waals surface area contributed by atoms with E-state index in [2.05, 4.69) is 26.8 Å². The molecule has 7 heteroatoms. The van der Waals surface area contributed by atoms with E-state index in [0.29, 0.717) is 18.1 Å². The number of hydrogen-bond acceptors (Lipinski definition) is 3. The van der Waals surface area contributed by atoms with Gasteiger partial charge in [0.1, 0.15) is 0 Å². The lowest BCUT2D eigenvalue weighted by molar-refractivity contribution is 0.208. The van der Waals surface area contributed by atoms with Crippen LogP contribution in [0.2, 0.25) is 5.02 Å². The molecule has 5 rings (SSSR count). The van der Waals surface area contributed by atoms with Crippen molar-refractivity contribution in [1.82, 2.24) is 14.3 Å². The number of anilines is 2. The third-order valence-corrected chi connectivity index (χ3v) is 5.98. The van der Waals surface area contributed by atoms with Crippen LogP contribution < -0.4 is 10.2 Å². The Kier molecular flexibility index (Phi) is 4.94. The van der Waals surface area contributed by atoms with E-state index in [9.17, 15) is 4.79 Å². The highest BCUT2D eigenvalue weighted by molar-refractivity contribution is 6.31. The highest BCUT2D eigenvalue weighted by atomic mass is 35.5. The topological polar surface area (TPSA) is 52.9 Å². The number of hydrogen-bond donors (Lipinski definition) is 1. The largest absolute Gasteiger partial charge is 0.351 e. The first kappa shape index (κ1) is 19.7. The molecule has 0 saturated carbocycles. The number of piperazine rings is 1. The molecule has 31 heavy (non-hydrogen) atoms. The lowest BCUT2D eigenvalue weighted by Gasteiger charge is -2.35. The van der Waals surface area contributed by atoms with Crippen molar-refractivity contribution in [3.63, 3.8) is 0 Å². The van der Waals surface area contributed by atoms with Gasteiger partial charge in [0.2, 0.25) is 0 Å². The van der Waals surface area contributed by atoms with Gasteiger partial charge in [-0.2, -0.15) is 0 Å². The van der Waals surface area contributed by atoms with Gasteiger partial charge in [0.25, 0.3) is 0 Å². The summed E-state index contributed by atoms with van der Waals surface area (Å²) in [5.74, 6) is 0.925. The number of urea groups is 1. The third kappa shape index (κ3) is 3.79. The van der Waals surface area contributed by atoms with Gasteiger partial charge in [-0.15, -0.1) is 0 Å². The summed E-state index contributed by atoms with van der Waals surface area (Å²) in [6.07, 6.45) is 2.05. The maximum Gasteiger partial charge on any atom is 0.321 e. The van der Waals surface area contributed by atoms with Gasteiger partial charge in [0.05, 0.1) is 16.6 Å². The number of aromatic nitrogens is 2. The molecule has 1 fully saturated rings. The minimum absolute atomic E-state index is 0.0595. The predicted molar refractivity (Wildman–Crippen MR) is 126 cm³/mol. The molecule has 4 aromatic rings. The van der Waals surface area contributed by atoms with Crippen LogP contribution in [-0.4, -0.2) is 46.5 Å². The van der Waals surface area contributed by atoms with E-state index in [1.807, 2.05) is 61.3 Å². The summed E-state index contributed by atoms with van der Waals surface area (Å²) in [4.78, 5) is 21.8. The second kappa shape index (κ2) is 7.78. The van der Waals surface area contributed by atoms with Gasteiger partial charge >= 0.3 is 6.03 Å². The fourth-order valence-corrected chi connectivity index (χ4v) is 4.50. The number of aryl methyl sites for hydroxylation is 2. The molecule has 0 radical (unpaired) electrons. The summed E-state index contributed by atoms with van der Waals surface area (Å²) in [7, 11) is 0. The Bertz CT molecular complexity index is 1270. The molecular weight excluding hydrogens is 410 g/mol. The van der Waals surface area contributed by atoms with Crippen molar-refractivity contribution >= 4 is 45.7 Å². The number of benzene rings is 2. The molecule has 2 aromatic carbocycles. The van der Waals surface area contributed by atoms with Crippen LogP contribution in [0.1, 0.15) is 11.1 Å². The van der Waals surface area contributed by atoms with E-state index in [0.717, 1.165) is 52.3 Å². The van der Waals surface area contributed by atoms with Gasteiger partial charge in [0.15, 0.2) is 5.82 Å². The van der Waals surface area contributed by atoms with Crippen LogP contribution >= 0.6 is 11.6 Å². The van der Waals surface area contributed by atoms with Crippen LogP contribution in [0.25, 0.3) is 16.6 Å². The average Bonchev–Trinajstić information content (AvgIpc) is 3.22. The molecule has 2 aromatic heterocycles. The van der Waals surface area contributed by atoms with E-state index in [1.165, 1.54) is 0 Å². The normalized spacial score (nSPS) is 14.4. The van der Waals surface area contributed by atoms with Crippen molar-refractivity contribution in [3.05, 3.63) is 70.9 Å². The zero-order chi connectivity index (χ0) is 21.5. The first-order valence-electron chi connectivity index (χ1n) is 10.4. The fourth-order valence-electron chi connectivity index (χ4n) is 4.34. The SMILES string of the molecule is Cc1cc(C)cc(NC(=O)N2CCN(c3nc4cc(Cl)ccc4n4cccc34)CC2)c1. The predicted octanol–water partition coefficient (Wildman–Crippen LogP) is 5.11. The number of nitrogens with zero attached hydrogens (tertiary/aromatic N) is 4. The monoisotopic (exact) mass is 433 g/mol. The lowest BCUT2D eigenvalue weighted by Crippen LogP contribution is -2.50. The van der Waals surface area contributed by atoms with Crippen molar-refractivity contribution < 1.29 is 4.79 Å². The molecule has 1 aliphatic heterocycles. The maximum absolute atomic E-state index is 12.8. The molecule has 0 atom stereocenters. The average molecular weight is 434 g/mol. The fraction of sp³-hybridized carbons (Fsp3) is 0.250. The van der Waals surface area contributed by atoms with E-state index in [4.69, 9.17) is 16.6 Å². The second-order valence-electron chi connectivity index (χ2n) is 8.11. The minimum atomic E-state index is -0.0595. The third-order valence-electron chi connectivity index (χ3n) is 5.74. The second-order valence-corrected chi connectivity index (χ2v) is 8.55. The molecule has 1 saturated heterocycles. The molecule has 1 N–H and O–H groups in total. The summed E-state index contributed by atoms with van der Waals surface area (Å²) in [6.45, 7) is 6.79. The maximum atomic E-state index is 12.8. The summed E-state index contributed by atoms with van der Waals surface area (Å²) >= 11 is 6.21. The summed E-state index contributed by atoms with van der Waals surface area (Å²) in [6, 6.07) is 15.9. The van der Waals surface area contributed by atoms with E-state index in [-0.39, 0.29) is 6.03 Å². The molecule has 3 heterocycles. The quantitative estimate of drug-likeness (QED) is 0.477. The number of rotatable bonds is 2. The highest BCUT2D eigenvalue weighted by Crippen LogP contribution is 2.28. The number of carbonyl (C=O) groups is 1. The Labute approximate surface area is 186 Å². The molecular formula is C24H24ClN5O. The minimum Gasteiger partial charge on any atom is -0.351 e. The van der Waals surface area contributed by atoms with Crippen molar-refractivity contribution in [2.24, 2.45) is 0 Å². The van der Waals surface area contributed by atoms with E-state index < -0.39 is 0 Å². The van der Waals surface area contributed by atoms with Gasteiger partial charge in [-0.25, -0.2) is 9.78 Å². The standard InChI is InChI=1S/C24H24ClN5O/c1-16-12-17(2)14-19(13-16)26-24(31)29-10-8-28(9-11-29)23-22-4-3-7-30(22)21-6-5-18(25)15-20(21)27-23/h3-7,12-15H,8-11H2,1-2H3,(H,26,31). The summed E-state index contributed by atoms with van der Waals surface area (Å²) in [5.41, 5.74) is 6.06. The van der Waals surface area contributed by atoms with Gasteiger partial charge in [0, 0.05) is 43.1 Å². The van der Waals surface area contributed by atoms with Crippen LogP contribution in [-0.2, 0) is 0 Å². The highest BCUT2D eigenvalue weighted by Gasteiger charge is 2.24. The van der Waals surface area contributed by atoms with Crippen LogP contribution in [0.5, 0.6) is 0 Å². The molecule has 158 valence electrons. The Morgan fingerprint density at radius 2 is 1.71 bits per heavy atom. The van der Waals surface area contributed by atoms with E-state index in [1.54, 1.807) is 0 Å². The van der Waals surface area contributed by atoms with Crippen LogP contribution in [0, 0.1) is 13.8 Å². The van der Waals surface area contributed by atoms with Crippen molar-refractivity contribution in [1.29, 1.82) is 0 Å². The van der Waals surface area contributed by atoms with Gasteiger partial charge in [-0.3, -0.25) is 0 Å². The van der Waals surface area contributed by atoms with Gasteiger partial charge in [-0.05, 0) is 67.4 Å². The molecule has 6 nitrogen and oxygen atoms in total. The molecule has 0 bridgehead atoms. The Morgan fingerprint density at radius 3 is 2.45 bits per heavy atom. The Hall–Kier alpha value is -3.25. The first-order valence-corrected chi connectivity index (χ1v) is 10.8. The van der Waals surface area contributed by atoms with Crippen LogP contribution in [0.4, 0.5) is 16.3 Å². The summed E-state index contributed by atoms with van der Waals surface area (Å²) < 4.78 is 2.15. The Balaban J connectivity index is 1.35. The number of carbonyl (C=O) groups excluding carboxylic acids is 1.